The molecule has 1 heterocycles. The van der Waals surface area contributed by atoms with Crippen LogP contribution in [0.5, 0.6) is 0 Å². The minimum atomic E-state index is -0.394. The molecular formula is C19H27N5O2. The van der Waals surface area contributed by atoms with Gasteiger partial charge in [0.15, 0.2) is 5.82 Å². The molecule has 140 valence electrons. The van der Waals surface area contributed by atoms with Crippen molar-refractivity contribution in [3.8, 4) is 5.69 Å². The Balaban J connectivity index is 2.06. The molecule has 7 heteroatoms. The Kier molecular flexibility index (Phi) is 5.66. The summed E-state index contributed by atoms with van der Waals surface area (Å²) in [5.41, 5.74) is 0.837. The van der Waals surface area contributed by atoms with E-state index in [4.69, 9.17) is 4.74 Å². The summed E-state index contributed by atoms with van der Waals surface area (Å²) in [6.45, 7) is 5.35. The number of nitrogens with zero attached hydrogens (tertiary/aromatic N) is 4. The lowest BCUT2D eigenvalue weighted by Gasteiger charge is -2.39. The zero-order valence-electron chi connectivity index (χ0n) is 15.7. The maximum absolute atomic E-state index is 12.2. The number of tetrazole rings is 1. The van der Waals surface area contributed by atoms with E-state index in [-0.39, 0.29) is 5.54 Å². The second kappa shape index (κ2) is 7.95. The average Bonchev–Trinajstić information content (AvgIpc) is 3.17. The van der Waals surface area contributed by atoms with Gasteiger partial charge in [0.05, 0.1) is 23.9 Å². The maximum atomic E-state index is 12.2. The van der Waals surface area contributed by atoms with Crippen molar-refractivity contribution in [2.75, 3.05) is 13.7 Å². The SMILES string of the molecule is CCCNC1(c2nnnn2-c2ccccc2C(=O)OC)CCC(C)CC1. The van der Waals surface area contributed by atoms with Gasteiger partial charge in [0.1, 0.15) is 0 Å². The van der Waals surface area contributed by atoms with E-state index in [1.54, 1.807) is 10.7 Å². The topological polar surface area (TPSA) is 81.9 Å². The number of carbonyl (C=O) groups is 1. The Morgan fingerprint density at radius 1 is 1.35 bits per heavy atom. The Labute approximate surface area is 154 Å². The highest BCUT2D eigenvalue weighted by atomic mass is 16.5. The first-order chi connectivity index (χ1) is 12.6. The normalized spacial score (nSPS) is 23.0. The molecule has 0 amide bonds. The number of carbonyl (C=O) groups excluding carboxylic acids is 1. The molecule has 1 aromatic heterocycles. The Morgan fingerprint density at radius 3 is 2.77 bits per heavy atom. The second-order valence-electron chi connectivity index (χ2n) is 7.11. The number of esters is 1. The van der Waals surface area contributed by atoms with E-state index < -0.39 is 5.97 Å². The van der Waals surface area contributed by atoms with Crippen LogP contribution in [0.2, 0.25) is 0 Å². The zero-order chi connectivity index (χ0) is 18.6. The van der Waals surface area contributed by atoms with Crippen LogP contribution in [0.15, 0.2) is 24.3 Å². The van der Waals surface area contributed by atoms with E-state index in [1.807, 2.05) is 18.2 Å². The number of para-hydroxylation sites is 1. The van der Waals surface area contributed by atoms with Gasteiger partial charge in [-0.3, -0.25) is 0 Å². The summed E-state index contributed by atoms with van der Waals surface area (Å²) in [5.74, 6) is 1.09. The summed E-state index contributed by atoms with van der Waals surface area (Å²) < 4.78 is 6.63. The molecular weight excluding hydrogens is 330 g/mol. The molecule has 26 heavy (non-hydrogen) atoms. The van der Waals surface area contributed by atoms with E-state index in [0.717, 1.165) is 44.5 Å². The molecule has 0 unspecified atom stereocenters. The molecule has 3 rings (SSSR count). The molecule has 0 spiro atoms. The minimum Gasteiger partial charge on any atom is -0.465 e. The van der Waals surface area contributed by atoms with Gasteiger partial charge < -0.3 is 10.1 Å². The van der Waals surface area contributed by atoms with Crippen molar-refractivity contribution in [3.63, 3.8) is 0 Å². The largest absolute Gasteiger partial charge is 0.465 e. The van der Waals surface area contributed by atoms with Crippen LogP contribution in [0.3, 0.4) is 0 Å². The molecule has 0 saturated heterocycles. The smallest absolute Gasteiger partial charge is 0.340 e. The summed E-state index contributed by atoms with van der Waals surface area (Å²) >= 11 is 0. The van der Waals surface area contributed by atoms with Gasteiger partial charge in [-0.15, -0.1) is 5.10 Å². The Morgan fingerprint density at radius 2 is 2.08 bits per heavy atom. The van der Waals surface area contributed by atoms with E-state index in [9.17, 15) is 4.79 Å². The third-order valence-corrected chi connectivity index (χ3v) is 5.28. The molecule has 2 aromatic rings. The number of aromatic nitrogens is 4. The first-order valence-electron chi connectivity index (χ1n) is 9.33. The molecule has 1 aliphatic carbocycles. The lowest BCUT2D eigenvalue weighted by Crippen LogP contribution is -2.47. The summed E-state index contributed by atoms with van der Waals surface area (Å²) in [6, 6.07) is 7.28. The van der Waals surface area contributed by atoms with Crippen LogP contribution in [-0.2, 0) is 10.3 Å². The highest BCUT2D eigenvalue weighted by Gasteiger charge is 2.40. The van der Waals surface area contributed by atoms with Crippen molar-refractivity contribution in [1.29, 1.82) is 0 Å². The summed E-state index contributed by atoms with van der Waals surface area (Å²) in [5, 5.41) is 16.2. The predicted molar refractivity (Wildman–Crippen MR) is 98.1 cm³/mol. The van der Waals surface area contributed by atoms with Crippen molar-refractivity contribution >= 4 is 5.97 Å². The molecule has 0 bridgehead atoms. The molecule has 7 nitrogen and oxygen atoms in total. The summed E-state index contributed by atoms with van der Waals surface area (Å²) in [7, 11) is 1.38. The summed E-state index contributed by atoms with van der Waals surface area (Å²) in [4.78, 5) is 12.2. The van der Waals surface area contributed by atoms with Gasteiger partial charge in [0, 0.05) is 0 Å². The predicted octanol–water partition coefficient (Wildman–Crippen LogP) is 2.85. The molecule has 1 saturated carbocycles. The molecule has 1 aliphatic rings. The van der Waals surface area contributed by atoms with Gasteiger partial charge in [-0.2, -0.15) is 4.68 Å². The first kappa shape index (κ1) is 18.5. The van der Waals surface area contributed by atoms with Crippen molar-refractivity contribution < 1.29 is 9.53 Å². The third-order valence-electron chi connectivity index (χ3n) is 5.28. The van der Waals surface area contributed by atoms with Gasteiger partial charge in [0.2, 0.25) is 0 Å². The van der Waals surface area contributed by atoms with Crippen molar-refractivity contribution in [3.05, 3.63) is 35.7 Å². The molecule has 1 aromatic carbocycles. The highest BCUT2D eigenvalue weighted by molar-refractivity contribution is 5.93. The van der Waals surface area contributed by atoms with Crippen molar-refractivity contribution in [2.24, 2.45) is 5.92 Å². The van der Waals surface area contributed by atoms with E-state index in [2.05, 4.69) is 34.7 Å². The second-order valence-corrected chi connectivity index (χ2v) is 7.11. The molecule has 1 fully saturated rings. The number of ether oxygens (including phenoxy) is 1. The zero-order valence-corrected chi connectivity index (χ0v) is 15.7. The first-order valence-corrected chi connectivity index (χ1v) is 9.33. The van der Waals surface area contributed by atoms with E-state index in [1.165, 1.54) is 7.11 Å². The van der Waals surface area contributed by atoms with E-state index >= 15 is 0 Å². The third kappa shape index (κ3) is 3.49. The van der Waals surface area contributed by atoms with Crippen LogP contribution >= 0.6 is 0 Å². The lowest BCUT2D eigenvalue weighted by atomic mass is 9.76. The minimum absolute atomic E-state index is 0.269. The van der Waals surface area contributed by atoms with Gasteiger partial charge in [-0.05, 0) is 67.1 Å². The molecule has 0 aliphatic heterocycles. The van der Waals surface area contributed by atoms with Gasteiger partial charge >= 0.3 is 5.97 Å². The van der Waals surface area contributed by atoms with Crippen LogP contribution in [0.1, 0.15) is 62.1 Å². The van der Waals surface area contributed by atoms with E-state index in [0.29, 0.717) is 17.2 Å². The maximum Gasteiger partial charge on any atom is 0.340 e. The standard InChI is InChI=1S/C19H27N5O2/c1-4-13-20-19(11-9-14(2)10-12-19)18-21-22-23-24(18)16-8-6-5-7-15(16)17(25)26-3/h5-8,14,20H,4,9-13H2,1-3H3. The fourth-order valence-corrected chi connectivity index (χ4v) is 3.69. The van der Waals surface area contributed by atoms with Crippen molar-refractivity contribution in [2.45, 2.75) is 51.5 Å². The number of rotatable bonds is 6. The number of nitrogens with one attached hydrogen (secondary N) is 1. The molecule has 1 N–H and O–H groups in total. The Bertz CT molecular complexity index is 744. The fraction of sp³-hybridized carbons (Fsp3) is 0.579. The molecule has 0 atom stereocenters. The fourth-order valence-electron chi connectivity index (χ4n) is 3.69. The number of hydrogen-bond donors (Lipinski definition) is 1. The van der Waals surface area contributed by atoms with Crippen LogP contribution in [0.25, 0.3) is 5.69 Å². The quantitative estimate of drug-likeness (QED) is 0.801. The molecule has 0 radical (unpaired) electrons. The van der Waals surface area contributed by atoms with Crippen molar-refractivity contribution in [1.82, 2.24) is 25.5 Å². The average molecular weight is 357 g/mol. The van der Waals surface area contributed by atoms with Crippen LogP contribution < -0.4 is 5.32 Å². The Hall–Kier alpha value is -2.28. The monoisotopic (exact) mass is 357 g/mol. The highest BCUT2D eigenvalue weighted by Crippen LogP contribution is 2.39. The number of hydrogen-bond acceptors (Lipinski definition) is 6. The van der Waals surface area contributed by atoms with Crippen LogP contribution in [-0.4, -0.2) is 39.8 Å². The van der Waals surface area contributed by atoms with Crippen LogP contribution in [0, 0.1) is 5.92 Å². The van der Waals surface area contributed by atoms with Gasteiger partial charge in [-0.25, -0.2) is 4.79 Å². The van der Waals surface area contributed by atoms with Gasteiger partial charge in [0.25, 0.3) is 0 Å². The number of methoxy groups -OCH3 is 1. The lowest BCUT2D eigenvalue weighted by molar-refractivity contribution is 0.0600. The number of benzene rings is 1. The van der Waals surface area contributed by atoms with Crippen LogP contribution in [0.4, 0.5) is 0 Å². The summed E-state index contributed by atoms with van der Waals surface area (Å²) in [6.07, 6.45) is 5.26. The van der Waals surface area contributed by atoms with Gasteiger partial charge in [-0.1, -0.05) is 26.0 Å².